The van der Waals surface area contributed by atoms with E-state index in [0.717, 1.165) is 25.7 Å². The highest BCUT2D eigenvalue weighted by atomic mass is 16.3. The summed E-state index contributed by atoms with van der Waals surface area (Å²) in [7, 11) is 1.84. The average molecular weight is 680 g/mol. The normalized spacial score (nSPS) is 13.0. The molecule has 5 nitrogen and oxygen atoms in total. The average Bonchev–Trinajstić information content (AvgIpc) is 3.04. The van der Waals surface area contributed by atoms with Crippen LogP contribution >= 0.6 is 0 Å². The standard InChI is InChI=1S/C43H85NO4/c1-4-6-8-10-12-14-16-18-20-22-24-26-28-30-32-34-40(45)36-42(47)38-44(3)39-43(48)37-41(46)35-33-31-29-27-25-23-21-19-17-15-13-11-9-7-5-2/h42-43,47-48H,4-39H2,1-3H3. The molecular weight excluding hydrogens is 594 g/mol. The zero-order valence-electron chi connectivity index (χ0n) is 32.8. The fraction of sp³-hybridized carbons (Fsp3) is 0.953. The Morgan fingerprint density at radius 1 is 0.396 bits per heavy atom. The van der Waals surface area contributed by atoms with Gasteiger partial charge >= 0.3 is 0 Å². The lowest BCUT2D eigenvalue weighted by Crippen LogP contribution is -2.36. The van der Waals surface area contributed by atoms with Crippen molar-refractivity contribution in [3.8, 4) is 0 Å². The molecule has 0 amide bonds. The van der Waals surface area contributed by atoms with Crippen molar-refractivity contribution in [1.29, 1.82) is 0 Å². The molecule has 0 aliphatic rings. The molecule has 0 saturated heterocycles. The zero-order chi connectivity index (χ0) is 35.3. The molecule has 0 fully saturated rings. The summed E-state index contributed by atoms with van der Waals surface area (Å²) in [5.41, 5.74) is 0. The first kappa shape index (κ1) is 47.2. The minimum Gasteiger partial charge on any atom is -0.391 e. The van der Waals surface area contributed by atoms with Crippen LogP contribution in [0.1, 0.15) is 232 Å². The maximum Gasteiger partial charge on any atom is 0.135 e. The molecule has 0 aromatic heterocycles. The van der Waals surface area contributed by atoms with Gasteiger partial charge < -0.3 is 15.1 Å². The number of hydrogen-bond donors (Lipinski definition) is 2. The first-order chi connectivity index (χ1) is 23.4. The first-order valence-corrected chi connectivity index (χ1v) is 21.5. The maximum atomic E-state index is 12.3. The molecule has 0 heterocycles. The molecule has 0 rings (SSSR count). The van der Waals surface area contributed by atoms with Crippen molar-refractivity contribution in [3.63, 3.8) is 0 Å². The molecule has 0 bridgehead atoms. The molecule has 2 atom stereocenters. The summed E-state index contributed by atoms with van der Waals surface area (Å²) in [4.78, 5) is 26.5. The molecular formula is C43H85NO4. The van der Waals surface area contributed by atoms with Crippen molar-refractivity contribution in [2.45, 2.75) is 244 Å². The molecule has 0 aromatic carbocycles. The van der Waals surface area contributed by atoms with Gasteiger partial charge in [-0.05, 0) is 19.9 Å². The van der Waals surface area contributed by atoms with Gasteiger partial charge in [0.15, 0.2) is 0 Å². The van der Waals surface area contributed by atoms with E-state index in [1.54, 1.807) is 0 Å². The van der Waals surface area contributed by atoms with Crippen LogP contribution in [0.5, 0.6) is 0 Å². The quantitative estimate of drug-likeness (QED) is 0.0630. The van der Waals surface area contributed by atoms with Gasteiger partial charge in [-0.3, -0.25) is 9.59 Å². The molecule has 5 heteroatoms. The van der Waals surface area contributed by atoms with E-state index in [4.69, 9.17) is 0 Å². The number of aliphatic hydroxyl groups is 2. The number of unbranched alkanes of at least 4 members (excludes halogenated alkanes) is 28. The molecule has 0 radical (unpaired) electrons. The molecule has 0 aliphatic heterocycles. The SMILES string of the molecule is CCCCCCCCCCCCCCCCCC(=O)CC(O)CN(C)CC(O)CC(=O)CCCCCCCCCCCCCCCCC. The minimum absolute atomic E-state index is 0.129. The molecule has 0 saturated carbocycles. The second-order valence-electron chi connectivity index (χ2n) is 15.4. The Hall–Kier alpha value is -0.780. The smallest absolute Gasteiger partial charge is 0.135 e. The Labute approximate surface area is 300 Å². The second-order valence-corrected chi connectivity index (χ2v) is 15.4. The number of ketones is 2. The highest BCUT2D eigenvalue weighted by molar-refractivity contribution is 5.79. The lowest BCUT2D eigenvalue weighted by atomic mass is 10.0. The van der Waals surface area contributed by atoms with Crippen molar-refractivity contribution in [1.82, 2.24) is 4.90 Å². The molecule has 0 aliphatic carbocycles. The van der Waals surface area contributed by atoms with Crippen LogP contribution < -0.4 is 0 Å². The zero-order valence-corrected chi connectivity index (χ0v) is 32.8. The number of hydrogen-bond acceptors (Lipinski definition) is 5. The number of Topliss-reactive ketones (excluding diaryl/α,β-unsaturated/α-hetero) is 2. The largest absolute Gasteiger partial charge is 0.391 e. The summed E-state index contributed by atoms with van der Waals surface area (Å²) < 4.78 is 0. The number of carbonyl (C=O) groups excluding carboxylic acids is 2. The molecule has 0 spiro atoms. The fourth-order valence-electron chi connectivity index (χ4n) is 7.04. The van der Waals surface area contributed by atoms with Crippen LogP contribution in [0.4, 0.5) is 0 Å². The second kappa shape index (κ2) is 37.5. The summed E-state index contributed by atoms with van der Waals surface area (Å²) in [6.07, 6.45) is 39.3. The van der Waals surface area contributed by atoms with Crippen LogP contribution in [0.25, 0.3) is 0 Å². The number of nitrogens with zero attached hydrogens (tertiary/aromatic N) is 1. The molecule has 48 heavy (non-hydrogen) atoms. The highest BCUT2D eigenvalue weighted by Gasteiger charge is 2.17. The molecule has 2 N–H and O–H groups in total. The fourth-order valence-corrected chi connectivity index (χ4v) is 7.04. The third-order valence-corrected chi connectivity index (χ3v) is 10.1. The van der Waals surface area contributed by atoms with E-state index < -0.39 is 12.2 Å². The predicted molar refractivity (Wildman–Crippen MR) is 208 cm³/mol. The Balaban J connectivity index is 3.59. The third kappa shape index (κ3) is 36.5. The van der Waals surface area contributed by atoms with Gasteiger partial charge in [-0.15, -0.1) is 0 Å². The van der Waals surface area contributed by atoms with Gasteiger partial charge in [-0.2, -0.15) is 0 Å². The molecule has 2 unspecified atom stereocenters. The van der Waals surface area contributed by atoms with Gasteiger partial charge in [-0.25, -0.2) is 0 Å². The Morgan fingerprint density at radius 3 is 0.833 bits per heavy atom. The molecule has 0 aromatic rings. The lowest BCUT2D eigenvalue weighted by molar-refractivity contribution is -0.121. The van der Waals surface area contributed by atoms with Crippen LogP contribution in [-0.2, 0) is 9.59 Å². The monoisotopic (exact) mass is 680 g/mol. The van der Waals surface area contributed by atoms with Crippen LogP contribution in [0, 0.1) is 0 Å². The van der Waals surface area contributed by atoms with Crippen LogP contribution in [0.3, 0.4) is 0 Å². The van der Waals surface area contributed by atoms with Gasteiger partial charge in [0.25, 0.3) is 0 Å². The summed E-state index contributed by atoms with van der Waals surface area (Å²) in [6, 6.07) is 0. The van der Waals surface area contributed by atoms with Crippen LogP contribution in [0.15, 0.2) is 0 Å². The predicted octanol–water partition coefficient (Wildman–Crippen LogP) is 12.1. The van der Waals surface area contributed by atoms with E-state index in [1.165, 1.54) is 167 Å². The summed E-state index contributed by atoms with van der Waals surface area (Å²) in [5.74, 6) is 0.259. The number of rotatable bonds is 40. The van der Waals surface area contributed by atoms with Crippen molar-refractivity contribution in [2.24, 2.45) is 0 Å². The van der Waals surface area contributed by atoms with E-state index in [1.807, 2.05) is 11.9 Å². The van der Waals surface area contributed by atoms with E-state index >= 15 is 0 Å². The molecule has 286 valence electrons. The van der Waals surface area contributed by atoms with E-state index in [9.17, 15) is 19.8 Å². The highest BCUT2D eigenvalue weighted by Crippen LogP contribution is 2.16. The number of carbonyl (C=O) groups is 2. The van der Waals surface area contributed by atoms with E-state index in [-0.39, 0.29) is 24.4 Å². The van der Waals surface area contributed by atoms with Crippen LogP contribution in [0.2, 0.25) is 0 Å². The Kier molecular flexibility index (Phi) is 36.9. The third-order valence-electron chi connectivity index (χ3n) is 10.1. The number of aliphatic hydroxyl groups excluding tert-OH is 2. The summed E-state index contributed by atoms with van der Waals surface area (Å²) in [5, 5.41) is 20.8. The van der Waals surface area contributed by atoms with Gasteiger partial charge in [0.2, 0.25) is 0 Å². The van der Waals surface area contributed by atoms with Crippen molar-refractivity contribution >= 4 is 11.6 Å². The minimum atomic E-state index is -0.720. The van der Waals surface area contributed by atoms with E-state index in [2.05, 4.69) is 13.8 Å². The summed E-state index contributed by atoms with van der Waals surface area (Å²) >= 11 is 0. The van der Waals surface area contributed by atoms with Crippen molar-refractivity contribution in [3.05, 3.63) is 0 Å². The van der Waals surface area contributed by atoms with Crippen molar-refractivity contribution in [2.75, 3.05) is 20.1 Å². The van der Waals surface area contributed by atoms with Gasteiger partial charge in [-0.1, -0.05) is 194 Å². The van der Waals surface area contributed by atoms with Gasteiger partial charge in [0.1, 0.15) is 11.6 Å². The maximum absolute atomic E-state index is 12.3. The van der Waals surface area contributed by atoms with Gasteiger partial charge in [0.05, 0.1) is 12.2 Å². The Morgan fingerprint density at radius 2 is 0.604 bits per heavy atom. The van der Waals surface area contributed by atoms with E-state index in [0.29, 0.717) is 25.9 Å². The van der Waals surface area contributed by atoms with Crippen molar-refractivity contribution < 1.29 is 19.8 Å². The van der Waals surface area contributed by atoms with Crippen LogP contribution in [-0.4, -0.2) is 59.0 Å². The Bertz CT molecular complexity index is 628. The topological polar surface area (TPSA) is 77.8 Å². The lowest BCUT2D eigenvalue weighted by Gasteiger charge is -2.22. The summed E-state index contributed by atoms with van der Waals surface area (Å²) in [6.45, 7) is 5.23. The number of likely N-dealkylation sites (N-methyl/N-ethyl adjacent to an activating group) is 1. The van der Waals surface area contributed by atoms with Gasteiger partial charge in [0, 0.05) is 38.8 Å². The first-order valence-electron chi connectivity index (χ1n) is 21.5.